The topological polar surface area (TPSA) is 204 Å². The summed E-state index contributed by atoms with van der Waals surface area (Å²) in [6, 6.07) is 2.36. The third-order valence-corrected chi connectivity index (χ3v) is 6.09. The molecule has 0 aliphatic carbocycles. The van der Waals surface area contributed by atoms with E-state index in [-0.39, 0.29) is 24.7 Å². The molecule has 4 atom stereocenters. The fourth-order valence-corrected chi connectivity index (χ4v) is 3.92. The molecule has 0 spiro atoms. The molecule has 0 aliphatic heterocycles. The van der Waals surface area contributed by atoms with Gasteiger partial charge in [-0.2, -0.15) is 0 Å². The molecule has 1 heterocycles. The number of rotatable bonds is 14. The Morgan fingerprint density at radius 3 is 2.03 bits per heavy atom. The number of hydrogen-bond donors (Lipinski definition) is 7. The quantitative estimate of drug-likeness (QED) is 0.185. The first kappa shape index (κ1) is 30.3. The second kappa shape index (κ2) is 13.6. The zero-order chi connectivity index (χ0) is 28.6. The molecule has 8 N–H and O–H groups in total. The van der Waals surface area contributed by atoms with E-state index in [1.165, 1.54) is 0 Å². The molecule has 38 heavy (non-hydrogen) atoms. The molecule has 4 unspecified atom stereocenters. The number of nitrogens with two attached hydrogens (primary N) is 1. The molecule has 12 heteroatoms. The first-order valence-electron chi connectivity index (χ1n) is 12.5. The first-order chi connectivity index (χ1) is 17.8. The van der Waals surface area contributed by atoms with Crippen molar-refractivity contribution in [3.05, 3.63) is 36.0 Å². The maximum atomic E-state index is 13.1. The lowest BCUT2D eigenvalue weighted by Gasteiger charge is -2.26. The van der Waals surface area contributed by atoms with Crippen LogP contribution in [0, 0.1) is 11.8 Å². The number of carboxylic acid groups (broad SMARTS) is 2. The van der Waals surface area contributed by atoms with Gasteiger partial charge in [0.2, 0.25) is 17.7 Å². The number of nitrogens with one attached hydrogen (secondary N) is 4. The summed E-state index contributed by atoms with van der Waals surface area (Å²) in [5, 5.41) is 27.2. The summed E-state index contributed by atoms with van der Waals surface area (Å²) in [4.78, 5) is 65.0. The van der Waals surface area contributed by atoms with Crippen LogP contribution in [0.25, 0.3) is 10.9 Å². The molecular weight excluding hydrogens is 494 g/mol. The van der Waals surface area contributed by atoms with Crippen LogP contribution in [0.3, 0.4) is 0 Å². The van der Waals surface area contributed by atoms with E-state index < -0.39 is 60.2 Å². The van der Waals surface area contributed by atoms with Crippen molar-refractivity contribution in [2.75, 3.05) is 0 Å². The molecule has 0 bridgehead atoms. The zero-order valence-corrected chi connectivity index (χ0v) is 22.0. The van der Waals surface area contributed by atoms with E-state index in [1.807, 2.05) is 32.0 Å². The van der Waals surface area contributed by atoms with Crippen molar-refractivity contribution in [1.82, 2.24) is 20.9 Å². The number of carbonyl (C=O) groups is 5. The van der Waals surface area contributed by atoms with Crippen molar-refractivity contribution < 1.29 is 34.2 Å². The number of benzene rings is 1. The van der Waals surface area contributed by atoms with Gasteiger partial charge in [0.15, 0.2) is 0 Å². The number of para-hydroxylation sites is 1. The van der Waals surface area contributed by atoms with Crippen LogP contribution >= 0.6 is 0 Å². The standard InChI is InChI=1S/C26H37N5O7/c1-13(2)9-18(30-25(36)22(27)14(3)4)23(34)29-19(11-21(32)33)24(35)31-20(26(37)38)10-15-12-28-17-8-6-5-7-16(15)17/h5-8,12-14,18-20,22,28H,9-11,27H2,1-4H3,(H,29,34)(H,30,36)(H,31,35)(H,32,33)(H,37,38). The highest BCUT2D eigenvalue weighted by molar-refractivity contribution is 5.96. The van der Waals surface area contributed by atoms with E-state index >= 15 is 0 Å². The van der Waals surface area contributed by atoms with E-state index in [4.69, 9.17) is 5.73 Å². The number of aromatic nitrogens is 1. The van der Waals surface area contributed by atoms with Gasteiger partial charge in [-0.05, 0) is 29.9 Å². The molecule has 0 saturated heterocycles. The minimum absolute atomic E-state index is 0.0272. The van der Waals surface area contributed by atoms with E-state index in [0.717, 1.165) is 10.9 Å². The van der Waals surface area contributed by atoms with Crippen LogP contribution < -0.4 is 21.7 Å². The number of fused-ring (bicyclic) bond motifs is 1. The van der Waals surface area contributed by atoms with Gasteiger partial charge in [0.25, 0.3) is 0 Å². The van der Waals surface area contributed by atoms with Crippen molar-refractivity contribution in [3.63, 3.8) is 0 Å². The molecule has 0 aliphatic rings. The Morgan fingerprint density at radius 1 is 0.868 bits per heavy atom. The minimum atomic E-state index is -1.57. The molecule has 12 nitrogen and oxygen atoms in total. The predicted molar refractivity (Wildman–Crippen MR) is 140 cm³/mol. The number of hydrogen-bond acceptors (Lipinski definition) is 6. The number of H-pyrrole nitrogens is 1. The molecule has 0 fully saturated rings. The maximum absolute atomic E-state index is 13.1. The lowest BCUT2D eigenvalue weighted by molar-refractivity contribution is -0.143. The molecule has 0 saturated carbocycles. The molecular formula is C26H37N5O7. The molecule has 208 valence electrons. The molecule has 1 aromatic carbocycles. The Kier molecular flexibility index (Phi) is 10.8. The van der Waals surface area contributed by atoms with Gasteiger partial charge < -0.3 is 36.9 Å². The van der Waals surface area contributed by atoms with E-state index in [1.54, 1.807) is 26.1 Å². The van der Waals surface area contributed by atoms with E-state index in [2.05, 4.69) is 20.9 Å². The fourth-order valence-electron chi connectivity index (χ4n) is 3.92. The largest absolute Gasteiger partial charge is 0.481 e. The summed E-state index contributed by atoms with van der Waals surface area (Å²) in [6.07, 6.45) is 0.995. The SMILES string of the molecule is CC(C)CC(NC(=O)C(N)C(C)C)C(=O)NC(CC(=O)O)C(=O)NC(Cc1c[nH]c2ccccc12)C(=O)O. The summed E-state index contributed by atoms with van der Waals surface area (Å²) in [6.45, 7) is 7.17. The minimum Gasteiger partial charge on any atom is -0.481 e. The summed E-state index contributed by atoms with van der Waals surface area (Å²) >= 11 is 0. The van der Waals surface area contributed by atoms with Crippen molar-refractivity contribution >= 4 is 40.6 Å². The van der Waals surface area contributed by atoms with Crippen LogP contribution in [0.4, 0.5) is 0 Å². The van der Waals surface area contributed by atoms with E-state index in [0.29, 0.717) is 5.56 Å². The number of aliphatic carboxylic acids is 2. The molecule has 2 rings (SSSR count). The molecule has 2 aromatic rings. The molecule has 0 radical (unpaired) electrons. The highest BCUT2D eigenvalue weighted by atomic mass is 16.4. The Balaban J connectivity index is 2.19. The average molecular weight is 532 g/mol. The highest BCUT2D eigenvalue weighted by Gasteiger charge is 2.32. The summed E-state index contributed by atoms with van der Waals surface area (Å²) in [5.41, 5.74) is 7.33. The van der Waals surface area contributed by atoms with Gasteiger partial charge in [-0.15, -0.1) is 0 Å². The second-order valence-electron chi connectivity index (χ2n) is 10.1. The fraction of sp³-hybridized carbons (Fsp3) is 0.500. The summed E-state index contributed by atoms with van der Waals surface area (Å²) in [7, 11) is 0. The van der Waals surface area contributed by atoms with Crippen LogP contribution in [0.5, 0.6) is 0 Å². The van der Waals surface area contributed by atoms with Crippen LogP contribution in [0.2, 0.25) is 0 Å². The van der Waals surface area contributed by atoms with Crippen molar-refractivity contribution in [1.29, 1.82) is 0 Å². The Morgan fingerprint density at radius 2 is 1.45 bits per heavy atom. The maximum Gasteiger partial charge on any atom is 0.326 e. The van der Waals surface area contributed by atoms with Crippen LogP contribution in [-0.4, -0.2) is 69.0 Å². The van der Waals surface area contributed by atoms with Gasteiger partial charge in [-0.25, -0.2) is 4.79 Å². The Bertz CT molecular complexity index is 1160. The van der Waals surface area contributed by atoms with E-state index in [9.17, 15) is 34.2 Å². The van der Waals surface area contributed by atoms with Gasteiger partial charge in [-0.3, -0.25) is 19.2 Å². The van der Waals surface area contributed by atoms with Crippen LogP contribution in [0.15, 0.2) is 30.5 Å². The number of carboxylic acids is 2. The monoisotopic (exact) mass is 531 g/mol. The summed E-state index contributed by atoms with van der Waals surface area (Å²) < 4.78 is 0. The number of amides is 3. The highest BCUT2D eigenvalue weighted by Crippen LogP contribution is 2.19. The summed E-state index contributed by atoms with van der Waals surface area (Å²) in [5.74, 6) is -5.20. The normalized spacial score (nSPS) is 14.5. The molecule has 3 amide bonds. The van der Waals surface area contributed by atoms with Gasteiger partial charge in [0.1, 0.15) is 18.1 Å². The lowest BCUT2D eigenvalue weighted by Crippen LogP contribution is -2.58. The average Bonchev–Trinajstić information content (AvgIpc) is 3.24. The molecule has 1 aromatic heterocycles. The number of aromatic amines is 1. The van der Waals surface area contributed by atoms with Gasteiger partial charge in [0.05, 0.1) is 12.5 Å². The second-order valence-corrected chi connectivity index (χ2v) is 10.1. The third-order valence-electron chi connectivity index (χ3n) is 6.09. The zero-order valence-electron chi connectivity index (χ0n) is 22.0. The van der Waals surface area contributed by atoms with Gasteiger partial charge in [-0.1, -0.05) is 45.9 Å². The smallest absolute Gasteiger partial charge is 0.326 e. The Labute approximate surface area is 220 Å². The van der Waals surface area contributed by atoms with Crippen molar-refractivity contribution in [2.24, 2.45) is 17.6 Å². The van der Waals surface area contributed by atoms with Crippen LogP contribution in [0.1, 0.15) is 46.1 Å². The third kappa shape index (κ3) is 8.58. The van der Waals surface area contributed by atoms with Crippen LogP contribution in [-0.2, 0) is 30.4 Å². The number of carbonyl (C=O) groups excluding carboxylic acids is 3. The lowest BCUT2D eigenvalue weighted by atomic mass is 10.00. The van der Waals surface area contributed by atoms with Crippen molar-refractivity contribution in [3.8, 4) is 0 Å². The van der Waals surface area contributed by atoms with Crippen molar-refractivity contribution in [2.45, 2.75) is 71.1 Å². The van der Waals surface area contributed by atoms with Gasteiger partial charge in [0, 0.05) is 23.5 Å². The first-order valence-corrected chi connectivity index (χ1v) is 12.5. The van der Waals surface area contributed by atoms with Gasteiger partial charge >= 0.3 is 11.9 Å². The predicted octanol–water partition coefficient (Wildman–Crippen LogP) is 0.754. The Hall–Kier alpha value is -3.93.